The quantitative estimate of drug-likeness (QED) is 0.0806. The first-order chi connectivity index (χ1) is 20.2. The summed E-state index contributed by atoms with van der Waals surface area (Å²) in [7, 11) is 0. The number of nitrogens with one attached hydrogen (secondary N) is 2. The molecule has 1 aliphatic heterocycles. The van der Waals surface area contributed by atoms with E-state index in [1.54, 1.807) is 37.3 Å². The molecule has 0 aliphatic carbocycles. The number of rotatable bonds is 13. The zero-order chi connectivity index (χ0) is 31.6. The third kappa shape index (κ3) is 6.92. The summed E-state index contributed by atoms with van der Waals surface area (Å²) in [6.07, 6.45) is -0.562. The van der Waals surface area contributed by atoms with Crippen LogP contribution in [0.2, 0.25) is 0 Å². The van der Waals surface area contributed by atoms with Crippen molar-refractivity contribution in [3.63, 3.8) is 0 Å². The molecule has 4 rings (SSSR count). The fourth-order valence-corrected chi connectivity index (χ4v) is 5.79. The van der Waals surface area contributed by atoms with E-state index in [0.717, 1.165) is 10.9 Å². The average molecular weight is 638 g/mol. The molecule has 8 N–H and O–H groups in total. The molecule has 1 saturated heterocycles. The molecule has 2 aromatic heterocycles. The summed E-state index contributed by atoms with van der Waals surface area (Å²) in [6.45, 7) is 6.03. The van der Waals surface area contributed by atoms with Crippen molar-refractivity contribution < 1.29 is 38.9 Å². The van der Waals surface area contributed by atoms with E-state index >= 15 is 0 Å². The summed E-state index contributed by atoms with van der Waals surface area (Å²) in [5, 5.41) is 39.5. The van der Waals surface area contributed by atoms with E-state index in [9.17, 15) is 20.2 Å². The molecule has 0 bridgehead atoms. The molecule has 15 nitrogen and oxygen atoms in total. The number of para-hydroxylation sites is 1. The molecule has 1 fully saturated rings. The number of fused-ring (bicyclic) bond motifs is 1. The fraction of sp³-hybridized carbons (Fsp3) is 0.423. The molecule has 0 saturated carbocycles. The van der Waals surface area contributed by atoms with Gasteiger partial charge in [0.1, 0.15) is 24.3 Å². The lowest BCUT2D eigenvalue weighted by molar-refractivity contribution is -0.317. The number of aliphatic hydroxyl groups is 3. The molecule has 5 atom stereocenters. The van der Waals surface area contributed by atoms with Crippen molar-refractivity contribution in [3.8, 4) is 5.75 Å². The molecule has 0 amide bonds. The maximum Gasteiger partial charge on any atom is 0.305 e. The van der Waals surface area contributed by atoms with Crippen LogP contribution in [0.15, 0.2) is 61.0 Å². The van der Waals surface area contributed by atoms with E-state index in [0.29, 0.717) is 12.3 Å². The van der Waals surface area contributed by atoms with Crippen LogP contribution in [0.1, 0.15) is 27.7 Å². The van der Waals surface area contributed by atoms with E-state index in [1.807, 2.05) is 19.9 Å². The van der Waals surface area contributed by atoms with E-state index in [2.05, 4.69) is 31.9 Å². The van der Waals surface area contributed by atoms with Crippen LogP contribution < -0.4 is 20.9 Å². The van der Waals surface area contributed by atoms with Gasteiger partial charge >= 0.3 is 5.95 Å². The van der Waals surface area contributed by atoms with E-state index < -0.39 is 37.0 Å². The Kier molecular flexibility index (Phi) is 9.63. The van der Waals surface area contributed by atoms with Crippen LogP contribution in [0.4, 0.5) is 11.8 Å². The van der Waals surface area contributed by atoms with Crippen LogP contribution in [0, 0.1) is 0 Å². The highest BCUT2D eigenvalue weighted by atomic mass is 32.5. The minimum absolute atomic E-state index is 0.0152. The number of allylic oxidation sites excluding steroid dienone is 1. The van der Waals surface area contributed by atoms with Gasteiger partial charge in [-0.3, -0.25) is 4.57 Å². The minimum Gasteiger partial charge on any atom is -0.461 e. The highest BCUT2D eigenvalue weighted by Gasteiger charge is 2.64. The first-order valence-electron chi connectivity index (χ1n) is 13.2. The van der Waals surface area contributed by atoms with E-state index in [1.165, 1.54) is 6.92 Å². The molecule has 1 aromatic carbocycles. The first kappa shape index (κ1) is 32.6. The van der Waals surface area contributed by atoms with Crippen LogP contribution in [-0.4, -0.2) is 76.8 Å². The Hall–Kier alpha value is -3.34. The normalized spacial score (nSPS) is 25.7. The molecule has 3 heterocycles. The van der Waals surface area contributed by atoms with Gasteiger partial charge < -0.3 is 55.1 Å². The number of hydrogen-bond donors (Lipinski definition) is 7. The molecule has 3 aromatic rings. The lowest BCUT2D eigenvalue weighted by Crippen LogP contribution is -2.55. The second kappa shape index (κ2) is 12.7. The maximum atomic E-state index is 11.6. The smallest absolute Gasteiger partial charge is 0.305 e. The number of imidazole rings is 1. The van der Waals surface area contributed by atoms with Gasteiger partial charge in [0, 0.05) is 6.54 Å². The molecule has 0 radical (unpaired) electrons. The van der Waals surface area contributed by atoms with Gasteiger partial charge in [0.15, 0.2) is 22.6 Å². The lowest BCUT2D eigenvalue weighted by Gasteiger charge is -2.35. The second-order valence-electron chi connectivity index (χ2n) is 10.2. The number of aliphatic hydroxyl groups excluding tert-OH is 1. The molecule has 43 heavy (non-hydrogen) atoms. The van der Waals surface area contributed by atoms with Gasteiger partial charge in [-0.2, -0.15) is 9.97 Å². The summed E-state index contributed by atoms with van der Waals surface area (Å²) < 4.78 is 23.9. The van der Waals surface area contributed by atoms with Crippen molar-refractivity contribution in [1.29, 1.82) is 0 Å². The Morgan fingerprint density at radius 1 is 1.30 bits per heavy atom. The number of nitrogen functional groups attached to an aromatic ring is 1. The molecular formula is C26H36N7O8PS. The molecule has 17 heteroatoms. The average Bonchev–Trinajstić information content (AvgIpc) is 3.44. The summed E-state index contributed by atoms with van der Waals surface area (Å²) in [4.78, 5) is 23.4. The van der Waals surface area contributed by atoms with Crippen molar-refractivity contribution in [1.82, 2.24) is 24.6 Å². The Bertz CT molecular complexity index is 1540. The lowest BCUT2D eigenvalue weighted by atomic mass is 9.94. The van der Waals surface area contributed by atoms with Crippen LogP contribution >= 0.6 is 6.64 Å². The van der Waals surface area contributed by atoms with Crippen molar-refractivity contribution in [2.45, 2.75) is 57.5 Å². The summed E-state index contributed by atoms with van der Waals surface area (Å²) in [6, 6.07) is 8.89. The number of aromatic nitrogens is 4. The number of ether oxygens (including phenoxy) is 3. The highest BCUT2D eigenvalue weighted by molar-refractivity contribution is 8.08. The zero-order valence-corrected chi connectivity index (χ0v) is 25.7. The van der Waals surface area contributed by atoms with Gasteiger partial charge in [0.2, 0.25) is 5.95 Å². The molecule has 1 aliphatic rings. The predicted molar refractivity (Wildman–Crippen MR) is 162 cm³/mol. The maximum absolute atomic E-state index is 11.6. The monoisotopic (exact) mass is 637 g/mol. The van der Waals surface area contributed by atoms with Crippen molar-refractivity contribution in [2.24, 2.45) is 0 Å². The molecule has 234 valence electrons. The van der Waals surface area contributed by atoms with Crippen LogP contribution in [-0.2, 0) is 31.7 Å². The number of benzene rings is 1. The summed E-state index contributed by atoms with van der Waals surface area (Å²) >= 11 is 5.28. The standard InChI is InChI=1S/C26H36N7O8PS/c1-6-12-28-21-19-22(31-24(27)30-21)33(14-29-19)26(36)25(5,35)20(34)18(41-26)13-38-42(37,43)32-16(4)23(39-15(2)3)40-17-10-8-7-9-11-17/h6-11,14-15,18,20,34-36H,1,12-13H2,2-5H3,(H2,32,37,43)(H3,27,28,30,31)/t18-,20-,25-,26+,42+/m1/s1. The SMILES string of the molecule is C=CCNc1nc(N)nc2c1ncn2[C@@]1(O)O[C@H](CO[P@](O)(=S)NC(C)=C(Oc2ccccc2)OC(C)C)[C@@H](O)[C@@]1(C)O. The third-order valence-corrected chi connectivity index (χ3v) is 8.09. The molecular weight excluding hydrogens is 601 g/mol. The van der Waals surface area contributed by atoms with Gasteiger partial charge in [0.05, 0.1) is 18.4 Å². The first-order valence-corrected chi connectivity index (χ1v) is 15.9. The largest absolute Gasteiger partial charge is 0.461 e. The topological polar surface area (TPSA) is 212 Å². The van der Waals surface area contributed by atoms with Gasteiger partial charge in [0.25, 0.3) is 12.6 Å². The van der Waals surface area contributed by atoms with Crippen molar-refractivity contribution in [3.05, 3.63) is 61.0 Å². The molecule has 0 unspecified atom stereocenters. The number of hydrogen-bond acceptors (Lipinski definition) is 13. The Morgan fingerprint density at radius 2 is 2.00 bits per heavy atom. The number of nitrogens with two attached hydrogens (primary N) is 1. The zero-order valence-electron chi connectivity index (χ0n) is 24.0. The van der Waals surface area contributed by atoms with Crippen LogP contribution in [0.5, 0.6) is 5.75 Å². The highest BCUT2D eigenvalue weighted by Crippen LogP contribution is 2.46. The summed E-state index contributed by atoms with van der Waals surface area (Å²) in [5.41, 5.74) is 4.04. The Morgan fingerprint density at radius 3 is 2.65 bits per heavy atom. The van der Waals surface area contributed by atoms with Crippen molar-refractivity contribution >= 4 is 41.4 Å². The predicted octanol–water partition coefficient (Wildman–Crippen LogP) is 1.64. The van der Waals surface area contributed by atoms with E-state index in [-0.39, 0.29) is 40.7 Å². The van der Waals surface area contributed by atoms with Crippen molar-refractivity contribution in [2.75, 3.05) is 24.2 Å². The number of anilines is 2. The third-order valence-electron chi connectivity index (χ3n) is 6.38. The van der Waals surface area contributed by atoms with Gasteiger partial charge in [-0.25, -0.2) is 4.98 Å². The second-order valence-corrected chi connectivity index (χ2v) is 13.2. The van der Waals surface area contributed by atoms with E-state index in [4.69, 9.17) is 36.3 Å². The minimum atomic E-state index is -3.80. The van der Waals surface area contributed by atoms with Crippen LogP contribution in [0.25, 0.3) is 11.2 Å². The summed E-state index contributed by atoms with van der Waals surface area (Å²) in [5.74, 6) is -1.91. The Balaban J connectivity index is 1.54. The fourth-order valence-electron chi connectivity index (χ4n) is 4.27. The number of nitrogens with zero attached hydrogens (tertiary/aromatic N) is 4. The van der Waals surface area contributed by atoms with Gasteiger partial charge in [-0.1, -0.05) is 24.3 Å². The van der Waals surface area contributed by atoms with Gasteiger partial charge in [-0.15, -0.1) is 6.58 Å². The Labute approximate surface area is 253 Å². The van der Waals surface area contributed by atoms with Crippen LogP contribution in [0.3, 0.4) is 0 Å². The molecule has 0 spiro atoms. The van der Waals surface area contributed by atoms with Gasteiger partial charge in [-0.05, 0) is 51.6 Å².